The van der Waals surface area contributed by atoms with Crippen molar-refractivity contribution in [1.82, 2.24) is 4.98 Å². The molecule has 0 amide bonds. The third-order valence-corrected chi connectivity index (χ3v) is 2.16. The summed E-state index contributed by atoms with van der Waals surface area (Å²) >= 11 is 0. The van der Waals surface area contributed by atoms with E-state index in [2.05, 4.69) is 10.3 Å². The fourth-order valence-corrected chi connectivity index (χ4v) is 1.07. The van der Waals surface area contributed by atoms with E-state index in [1.165, 1.54) is 12.4 Å². The van der Waals surface area contributed by atoms with Gasteiger partial charge < -0.3 is 26.4 Å². The van der Waals surface area contributed by atoms with Gasteiger partial charge in [0.25, 0.3) is 0 Å². The normalized spacial score (nSPS) is 11.4. The van der Waals surface area contributed by atoms with Crippen LogP contribution in [0.1, 0.15) is 0 Å². The number of hydrogen-bond donors (Lipinski definition) is 5. The molecule has 0 aromatic carbocycles. The second-order valence-corrected chi connectivity index (χ2v) is 3.34. The van der Waals surface area contributed by atoms with Crippen molar-refractivity contribution in [3.05, 3.63) is 18.5 Å². The summed E-state index contributed by atoms with van der Waals surface area (Å²) < 4.78 is 0. The Kier molecular flexibility index (Phi) is 3.84. The highest BCUT2D eigenvalue weighted by Crippen LogP contribution is 2.20. The molecule has 6 nitrogen and oxygen atoms in total. The smallest absolute Gasteiger partial charge is 0.107 e. The molecule has 1 heterocycles. The average molecular weight is 213 g/mol. The van der Waals surface area contributed by atoms with Crippen molar-refractivity contribution in [1.29, 1.82) is 0 Å². The standard InChI is InChI=1S/C9H15N3O3/c10-7-3-11-2-1-8(7)12-9(4-13,5-14)6-15/h1-3,13-15H,4-6,10H2,(H,11,12). The van der Waals surface area contributed by atoms with Crippen LogP contribution >= 0.6 is 0 Å². The molecule has 0 radical (unpaired) electrons. The van der Waals surface area contributed by atoms with Crippen molar-refractivity contribution < 1.29 is 15.3 Å². The van der Waals surface area contributed by atoms with E-state index in [4.69, 9.17) is 21.1 Å². The number of nitrogens with one attached hydrogen (secondary N) is 1. The molecule has 1 rings (SSSR count). The third-order valence-electron chi connectivity index (χ3n) is 2.16. The summed E-state index contributed by atoms with van der Waals surface area (Å²) in [6.45, 7) is -1.20. The van der Waals surface area contributed by atoms with Crippen LogP contribution in [0, 0.1) is 0 Å². The van der Waals surface area contributed by atoms with E-state index < -0.39 is 25.4 Å². The molecule has 1 aromatic rings. The van der Waals surface area contributed by atoms with Crippen LogP contribution in [-0.4, -0.2) is 45.7 Å². The van der Waals surface area contributed by atoms with Gasteiger partial charge in [-0.1, -0.05) is 0 Å². The minimum absolute atomic E-state index is 0.386. The second kappa shape index (κ2) is 4.92. The molecule has 0 fully saturated rings. The molecule has 0 bridgehead atoms. The number of nitrogens with zero attached hydrogens (tertiary/aromatic N) is 1. The van der Waals surface area contributed by atoms with Crippen LogP contribution in [0.3, 0.4) is 0 Å². The highest BCUT2D eigenvalue weighted by Gasteiger charge is 2.28. The number of nitrogen functional groups attached to an aromatic ring is 1. The molecule has 0 unspecified atom stereocenters. The monoisotopic (exact) mass is 213 g/mol. The fraction of sp³-hybridized carbons (Fsp3) is 0.444. The number of rotatable bonds is 5. The van der Waals surface area contributed by atoms with Crippen molar-refractivity contribution in [3.8, 4) is 0 Å². The maximum atomic E-state index is 9.09. The number of aromatic nitrogens is 1. The van der Waals surface area contributed by atoms with Gasteiger partial charge in [-0.3, -0.25) is 4.98 Å². The van der Waals surface area contributed by atoms with Crippen LogP contribution in [0.15, 0.2) is 18.5 Å². The van der Waals surface area contributed by atoms with Gasteiger partial charge in [-0.15, -0.1) is 0 Å². The lowest BCUT2D eigenvalue weighted by Crippen LogP contribution is -2.49. The second-order valence-electron chi connectivity index (χ2n) is 3.34. The van der Waals surface area contributed by atoms with Crippen LogP contribution in [0.5, 0.6) is 0 Å². The van der Waals surface area contributed by atoms with E-state index in [0.717, 1.165) is 0 Å². The Labute approximate surface area is 87.4 Å². The predicted molar refractivity (Wildman–Crippen MR) is 56.3 cm³/mol. The van der Waals surface area contributed by atoms with E-state index in [-0.39, 0.29) is 0 Å². The first kappa shape index (κ1) is 11.7. The van der Waals surface area contributed by atoms with Crippen LogP contribution in [-0.2, 0) is 0 Å². The number of pyridine rings is 1. The van der Waals surface area contributed by atoms with E-state index in [1.54, 1.807) is 6.07 Å². The number of nitrogens with two attached hydrogens (primary N) is 1. The molecule has 15 heavy (non-hydrogen) atoms. The summed E-state index contributed by atoms with van der Waals surface area (Å²) in [6, 6.07) is 1.60. The maximum Gasteiger partial charge on any atom is 0.107 e. The molecule has 6 heteroatoms. The molecular weight excluding hydrogens is 198 g/mol. The van der Waals surface area contributed by atoms with Crippen molar-refractivity contribution in [2.24, 2.45) is 0 Å². The fourth-order valence-electron chi connectivity index (χ4n) is 1.07. The molecule has 0 aliphatic rings. The van der Waals surface area contributed by atoms with Gasteiger partial charge in [-0.05, 0) is 6.07 Å². The lowest BCUT2D eigenvalue weighted by atomic mass is 10.0. The predicted octanol–water partition coefficient (Wildman–Crippen LogP) is -1.21. The van der Waals surface area contributed by atoms with Gasteiger partial charge in [-0.25, -0.2) is 0 Å². The van der Waals surface area contributed by atoms with E-state index >= 15 is 0 Å². The molecule has 0 aliphatic heterocycles. The molecule has 0 aliphatic carbocycles. The minimum atomic E-state index is -1.17. The Hall–Kier alpha value is -1.37. The van der Waals surface area contributed by atoms with Crippen LogP contribution in [0.4, 0.5) is 11.4 Å². The van der Waals surface area contributed by atoms with Gasteiger partial charge in [0.2, 0.25) is 0 Å². The van der Waals surface area contributed by atoms with Gasteiger partial charge in [0, 0.05) is 6.20 Å². The van der Waals surface area contributed by atoms with E-state index in [0.29, 0.717) is 11.4 Å². The largest absolute Gasteiger partial charge is 0.396 e. The summed E-state index contributed by atoms with van der Waals surface area (Å²) in [4.78, 5) is 3.80. The van der Waals surface area contributed by atoms with Gasteiger partial charge in [0.1, 0.15) is 5.54 Å². The Morgan fingerprint density at radius 3 is 2.33 bits per heavy atom. The number of aliphatic hydroxyl groups is 3. The van der Waals surface area contributed by atoms with Crippen molar-refractivity contribution in [2.45, 2.75) is 5.54 Å². The van der Waals surface area contributed by atoms with Gasteiger partial charge >= 0.3 is 0 Å². The zero-order valence-electron chi connectivity index (χ0n) is 8.22. The van der Waals surface area contributed by atoms with Crippen LogP contribution < -0.4 is 11.1 Å². The summed E-state index contributed by atoms with van der Waals surface area (Å²) in [5.41, 5.74) is 5.35. The number of hydrogen-bond acceptors (Lipinski definition) is 6. The lowest BCUT2D eigenvalue weighted by molar-refractivity contribution is 0.0834. The highest BCUT2D eigenvalue weighted by atomic mass is 16.3. The van der Waals surface area contributed by atoms with E-state index in [1.807, 2.05) is 0 Å². The molecule has 84 valence electrons. The van der Waals surface area contributed by atoms with Crippen LogP contribution in [0.2, 0.25) is 0 Å². The Balaban J connectivity index is 2.88. The molecule has 1 aromatic heterocycles. The first-order chi connectivity index (χ1) is 7.17. The summed E-state index contributed by atoms with van der Waals surface area (Å²) in [5, 5.41) is 30.1. The average Bonchev–Trinajstić information content (AvgIpc) is 2.29. The lowest BCUT2D eigenvalue weighted by Gasteiger charge is -2.30. The summed E-state index contributed by atoms with van der Waals surface area (Å²) in [5.74, 6) is 0. The molecular formula is C9H15N3O3. The Bertz CT molecular complexity index is 307. The number of anilines is 2. The van der Waals surface area contributed by atoms with Crippen molar-refractivity contribution in [3.63, 3.8) is 0 Å². The van der Waals surface area contributed by atoms with E-state index in [9.17, 15) is 0 Å². The first-order valence-corrected chi connectivity index (χ1v) is 4.48. The molecule has 0 saturated heterocycles. The number of aliphatic hydroxyl groups excluding tert-OH is 3. The first-order valence-electron chi connectivity index (χ1n) is 4.48. The molecule has 6 N–H and O–H groups in total. The maximum absolute atomic E-state index is 9.09. The zero-order chi connectivity index (χ0) is 11.3. The van der Waals surface area contributed by atoms with Gasteiger partial charge in [0.05, 0.1) is 37.4 Å². The topological polar surface area (TPSA) is 112 Å². The molecule has 0 spiro atoms. The van der Waals surface area contributed by atoms with Gasteiger partial charge in [0.15, 0.2) is 0 Å². The summed E-state index contributed by atoms with van der Waals surface area (Å²) in [7, 11) is 0. The van der Waals surface area contributed by atoms with Crippen molar-refractivity contribution >= 4 is 11.4 Å². The van der Waals surface area contributed by atoms with Gasteiger partial charge in [-0.2, -0.15) is 0 Å². The van der Waals surface area contributed by atoms with Crippen LogP contribution in [0.25, 0.3) is 0 Å². The minimum Gasteiger partial charge on any atom is -0.396 e. The highest BCUT2D eigenvalue weighted by molar-refractivity contribution is 5.65. The SMILES string of the molecule is Nc1cnccc1NC(CO)(CO)CO. The quantitative estimate of drug-likeness (QED) is 0.419. The molecule has 0 atom stereocenters. The van der Waals surface area contributed by atoms with Crippen molar-refractivity contribution in [2.75, 3.05) is 30.9 Å². The summed E-state index contributed by atoms with van der Waals surface area (Å²) in [6.07, 6.45) is 2.97. The Morgan fingerprint density at radius 1 is 1.27 bits per heavy atom. The Morgan fingerprint density at radius 2 is 1.87 bits per heavy atom. The molecule has 0 saturated carbocycles. The third kappa shape index (κ3) is 2.56. The zero-order valence-corrected chi connectivity index (χ0v) is 8.22.